The first-order chi connectivity index (χ1) is 15.9. The third-order valence-corrected chi connectivity index (χ3v) is 6.58. The second-order valence-corrected chi connectivity index (χ2v) is 9.24. The number of nitrogens with one attached hydrogen (secondary N) is 2. The Kier molecular flexibility index (Phi) is 8.76. The molecule has 1 aromatic carbocycles. The summed E-state index contributed by atoms with van der Waals surface area (Å²) >= 11 is 1.33. The minimum absolute atomic E-state index is 0. The number of carbonyl (C=O) groups is 1. The molecule has 2 N–H and O–H groups in total. The fraction of sp³-hybridized carbons (Fsp3) is 0.458. The number of benzene rings is 1. The molecule has 0 unspecified atom stereocenters. The number of nitrogens with zero attached hydrogens (tertiary/aromatic N) is 3. The number of halogens is 1. The van der Waals surface area contributed by atoms with Gasteiger partial charge in [0.2, 0.25) is 0 Å². The van der Waals surface area contributed by atoms with E-state index >= 15 is 0 Å². The molecule has 0 radical (unpaired) electrons. The van der Waals surface area contributed by atoms with Crippen molar-refractivity contribution in [3.63, 3.8) is 0 Å². The summed E-state index contributed by atoms with van der Waals surface area (Å²) in [6.45, 7) is 4.50. The number of anilines is 2. The van der Waals surface area contributed by atoms with Crippen LogP contribution in [0.3, 0.4) is 0 Å². The average Bonchev–Trinajstić information content (AvgIpc) is 3.41. The van der Waals surface area contributed by atoms with Gasteiger partial charge in [0.25, 0.3) is 5.91 Å². The SMILES string of the molecule is C.Cc1c(C(=O)NCCCN(C)C)sc2ncnc(Nc3ccc(F)cc3O[C@H]3CCOC3)c12. The number of thiophene rings is 1. The highest BCUT2D eigenvalue weighted by atomic mass is 32.1. The van der Waals surface area contributed by atoms with Crippen molar-refractivity contribution >= 4 is 39.0 Å². The number of fused-ring (bicyclic) bond motifs is 1. The maximum atomic E-state index is 13.9. The van der Waals surface area contributed by atoms with Gasteiger partial charge in [0, 0.05) is 19.0 Å². The minimum atomic E-state index is -0.387. The van der Waals surface area contributed by atoms with Crippen molar-refractivity contribution in [2.24, 2.45) is 0 Å². The molecule has 2 aromatic heterocycles. The molecule has 0 bridgehead atoms. The molecule has 34 heavy (non-hydrogen) atoms. The van der Waals surface area contributed by atoms with Gasteiger partial charge >= 0.3 is 0 Å². The van der Waals surface area contributed by atoms with Gasteiger partial charge in [-0.25, -0.2) is 14.4 Å². The average molecular weight is 490 g/mol. The Balaban J connectivity index is 0.00000324. The van der Waals surface area contributed by atoms with Crippen LogP contribution in [0.4, 0.5) is 15.9 Å². The van der Waals surface area contributed by atoms with Crippen molar-refractivity contribution in [1.29, 1.82) is 0 Å². The van der Waals surface area contributed by atoms with Gasteiger partial charge in [0.1, 0.15) is 34.6 Å². The lowest BCUT2D eigenvalue weighted by atomic mass is 10.2. The minimum Gasteiger partial charge on any atom is -0.486 e. The zero-order chi connectivity index (χ0) is 23.4. The lowest BCUT2D eigenvalue weighted by Crippen LogP contribution is -2.26. The fourth-order valence-electron chi connectivity index (χ4n) is 3.67. The zero-order valence-electron chi connectivity index (χ0n) is 19.0. The van der Waals surface area contributed by atoms with E-state index in [2.05, 4.69) is 25.5 Å². The summed E-state index contributed by atoms with van der Waals surface area (Å²) in [4.78, 5) is 24.9. The van der Waals surface area contributed by atoms with E-state index in [0.29, 0.717) is 46.7 Å². The molecule has 0 spiro atoms. The highest BCUT2D eigenvalue weighted by Gasteiger charge is 2.22. The quantitative estimate of drug-likeness (QED) is 0.432. The lowest BCUT2D eigenvalue weighted by Gasteiger charge is -2.17. The summed E-state index contributed by atoms with van der Waals surface area (Å²) in [7, 11) is 4.01. The number of rotatable bonds is 9. The maximum absolute atomic E-state index is 13.9. The summed E-state index contributed by atoms with van der Waals surface area (Å²) in [6, 6.07) is 4.34. The third-order valence-electron chi connectivity index (χ3n) is 5.38. The largest absolute Gasteiger partial charge is 0.486 e. The maximum Gasteiger partial charge on any atom is 0.261 e. The Labute approximate surface area is 203 Å². The van der Waals surface area contributed by atoms with Crippen LogP contribution in [0.5, 0.6) is 5.75 Å². The van der Waals surface area contributed by atoms with Crippen LogP contribution in [0.2, 0.25) is 0 Å². The van der Waals surface area contributed by atoms with E-state index in [1.807, 2.05) is 21.0 Å². The van der Waals surface area contributed by atoms with Crippen LogP contribution >= 0.6 is 11.3 Å². The first-order valence-electron chi connectivity index (χ1n) is 10.9. The molecule has 3 aromatic rings. The van der Waals surface area contributed by atoms with Gasteiger partial charge in [0.05, 0.1) is 29.2 Å². The standard InChI is InChI=1S/C23H28FN5O3S.CH4/c1-14-19-21(28-17-6-5-15(24)11-18(17)32-16-7-10-31-12-16)26-13-27-23(19)33-20(14)22(30)25-8-4-9-29(2)3;/h5-6,11,13,16H,4,7-10,12H2,1-3H3,(H,25,30)(H,26,27,28);1H4/t16-;/m0./s1. The zero-order valence-corrected chi connectivity index (χ0v) is 19.8. The number of aromatic nitrogens is 2. The molecule has 4 rings (SSSR count). The molecule has 10 heteroatoms. The van der Waals surface area contributed by atoms with Crippen molar-refractivity contribution in [2.75, 3.05) is 45.7 Å². The summed E-state index contributed by atoms with van der Waals surface area (Å²) in [5, 5.41) is 7.01. The Morgan fingerprint density at radius 3 is 2.91 bits per heavy atom. The van der Waals surface area contributed by atoms with E-state index in [9.17, 15) is 9.18 Å². The van der Waals surface area contributed by atoms with Gasteiger partial charge in [-0.2, -0.15) is 0 Å². The molecule has 1 fully saturated rings. The van der Waals surface area contributed by atoms with Crippen LogP contribution in [0.25, 0.3) is 10.2 Å². The van der Waals surface area contributed by atoms with Crippen LogP contribution in [-0.2, 0) is 4.74 Å². The van der Waals surface area contributed by atoms with Crippen molar-refractivity contribution in [3.05, 3.63) is 40.8 Å². The molecule has 0 saturated carbocycles. The van der Waals surface area contributed by atoms with E-state index in [1.165, 1.54) is 29.8 Å². The first-order valence-corrected chi connectivity index (χ1v) is 11.7. The fourth-order valence-corrected chi connectivity index (χ4v) is 4.74. The van der Waals surface area contributed by atoms with Crippen LogP contribution < -0.4 is 15.4 Å². The number of ether oxygens (including phenoxy) is 2. The van der Waals surface area contributed by atoms with Gasteiger partial charge in [0.15, 0.2) is 0 Å². The Morgan fingerprint density at radius 1 is 1.35 bits per heavy atom. The smallest absolute Gasteiger partial charge is 0.261 e. The number of carbonyl (C=O) groups excluding carboxylic acids is 1. The van der Waals surface area contributed by atoms with E-state index < -0.39 is 0 Å². The number of hydrogen-bond donors (Lipinski definition) is 2. The molecule has 1 aliphatic rings. The van der Waals surface area contributed by atoms with E-state index in [0.717, 1.165) is 30.3 Å². The highest BCUT2D eigenvalue weighted by Crippen LogP contribution is 2.37. The van der Waals surface area contributed by atoms with E-state index in [1.54, 1.807) is 6.07 Å². The Morgan fingerprint density at radius 2 is 2.18 bits per heavy atom. The van der Waals surface area contributed by atoms with Crippen molar-refractivity contribution in [3.8, 4) is 5.75 Å². The highest BCUT2D eigenvalue weighted by molar-refractivity contribution is 7.20. The summed E-state index contributed by atoms with van der Waals surface area (Å²) in [5.74, 6) is 0.429. The van der Waals surface area contributed by atoms with Gasteiger partial charge in [-0.15, -0.1) is 11.3 Å². The number of hydrogen-bond acceptors (Lipinski definition) is 8. The number of amides is 1. The second kappa shape index (κ2) is 11.5. The molecule has 3 heterocycles. The Hall–Kier alpha value is -2.82. The van der Waals surface area contributed by atoms with Crippen molar-refractivity contribution < 1.29 is 18.7 Å². The van der Waals surface area contributed by atoms with Crippen molar-refractivity contribution in [2.45, 2.75) is 33.3 Å². The van der Waals surface area contributed by atoms with E-state index in [4.69, 9.17) is 9.47 Å². The van der Waals surface area contributed by atoms with E-state index in [-0.39, 0.29) is 25.3 Å². The summed E-state index contributed by atoms with van der Waals surface area (Å²) in [5.41, 5.74) is 1.39. The molecular weight excluding hydrogens is 457 g/mol. The van der Waals surface area contributed by atoms with Crippen LogP contribution in [-0.4, -0.2) is 67.3 Å². The molecule has 8 nitrogen and oxygen atoms in total. The third kappa shape index (κ3) is 5.99. The van der Waals surface area contributed by atoms with Crippen LogP contribution in [0.15, 0.2) is 24.5 Å². The van der Waals surface area contributed by atoms with Crippen LogP contribution in [0.1, 0.15) is 35.5 Å². The molecule has 1 amide bonds. The molecular formula is C24H32FN5O3S. The first kappa shape index (κ1) is 25.8. The summed E-state index contributed by atoms with van der Waals surface area (Å²) < 4.78 is 25.3. The normalized spacial score (nSPS) is 15.4. The van der Waals surface area contributed by atoms with Gasteiger partial charge in [-0.1, -0.05) is 7.43 Å². The van der Waals surface area contributed by atoms with Gasteiger partial charge < -0.3 is 25.0 Å². The second-order valence-electron chi connectivity index (χ2n) is 8.24. The van der Waals surface area contributed by atoms with Crippen LogP contribution in [0, 0.1) is 12.7 Å². The van der Waals surface area contributed by atoms with Gasteiger partial charge in [-0.3, -0.25) is 4.79 Å². The lowest BCUT2D eigenvalue weighted by molar-refractivity contribution is 0.0956. The Bertz CT molecular complexity index is 1130. The molecule has 0 aliphatic carbocycles. The molecule has 1 saturated heterocycles. The van der Waals surface area contributed by atoms with Crippen molar-refractivity contribution in [1.82, 2.24) is 20.2 Å². The number of aryl methyl sites for hydroxylation is 1. The predicted octanol–water partition coefficient (Wildman–Crippen LogP) is 4.37. The predicted molar refractivity (Wildman–Crippen MR) is 134 cm³/mol. The van der Waals surface area contributed by atoms with Gasteiger partial charge in [-0.05, 0) is 51.7 Å². The molecule has 1 atom stereocenters. The molecule has 184 valence electrons. The monoisotopic (exact) mass is 489 g/mol. The summed E-state index contributed by atoms with van der Waals surface area (Å²) in [6.07, 6.45) is 2.95. The molecule has 1 aliphatic heterocycles. The topological polar surface area (TPSA) is 88.6 Å².